The number of hydrogen-bond acceptors (Lipinski definition) is 3. The second-order valence-electron chi connectivity index (χ2n) is 5.98. The van der Waals surface area contributed by atoms with Gasteiger partial charge in [-0.1, -0.05) is 0 Å². The molecule has 0 atom stereocenters. The predicted octanol–water partition coefficient (Wildman–Crippen LogP) is 2.21. The third-order valence-corrected chi connectivity index (χ3v) is 4.10. The molecule has 0 aliphatic rings. The Bertz CT molecular complexity index is 691. The van der Waals surface area contributed by atoms with Crippen molar-refractivity contribution >= 4 is 40.8 Å². The third-order valence-electron chi connectivity index (χ3n) is 4.10. The van der Waals surface area contributed by atoms with Gasteiger partial charge in [-0.05, 0) is 37.2 Å². The molecule has 146 valence electrons. The molecule has 8 heteroatoms. The molecule has 6 nitrogen and oxygen atoms in total. The molecule has 0 bridgehead atoms. The zero-order valence-electron chi connectivity index (χ0n) is 15.6. The molecule has 26 heavy (non-hydrogen) atoms. The SMILES string of the molecule is CN=C(NCCc1c[nH]c2ccc(F)cc12)NCCN(C)CCOC.I. The highest BCUT2D eigenvalue weighted by atomic mass is 127. The summed E-state index contributed by atoms with van der Waals surface area (Å²) in [6, 6.07) is 4.81. The maximum absolute atomic E-state index is 13.4. The Hall–Kier alpha value is -1.39. The minimum absolute atomic E-state index is 0. The summed E-state index contributed by atoms with van der Waals surface area (Å²) in [6.07, 6.45) is 2.73. The second-order valence-corrected chi connectivity index (χ2v) is 5.98. The van der Waals surface area contributed by atoms with Crippen LogP contribution in [0.2, 0.25) is 0 Å². The number of fused-ring (bicyclic) bond motifs is 1. The summed E-state index contributed by atoms with van der Waals surface area (Å²) >= 11 is 0. The largest absolute Gasteiger partial charge is 0.383 e. The van der Waals surface area contributed by atoms with E-state index in [9.17, 15) is 4.39 Å². The Labute approximate surface area is 171 Å². The van der Waals surface area contributed by atoms with Gasteiger partial charge in [0.1, 0.15) is 5.82 Å². The fourth-order valence-electron chi connectivity index (χ4n) is 2.62. The molecule has 0 fully saturated rings. The van der Waals surface area contributed by atoms with Crippen molar-refractivity contribution in [2.75, 3.05) is 54.0 Å². The van der Waals surface area contributed by atoms with E-state index in [0.717, 1.165) is 61.6 Å². The lowest BCUT2D eigenvalue weighted by molar-refractivity contribution is 0.162. The van der Waals surface area contributed by atoms with Crippen molar-refractivity contribution in [3.8, 4) is 0 Å². The van der Waals surface area contributed by atoms with Crippen LogP contribution < -0.4 is 10.6 Å². The molecule has 0 aliphatic heterocycles. The van der Waals surface area contributed by atoms with Gasteiger partial charge in [0, 0.05) is 57.4 Å². The monoisotopic (exact) mass is 477 g/mol. The smallest absolute Gasteiger partial charge is 0.191 e. The Morgan fingerprint density at radius 1 is 1.27 bits per heavy atom. The van der Waals surface area contributed by atoms with Crippen LogP contribution in [0.3, 0.4) is 0 Å². The molecule has 0 aliphatic carbocycles. The molecule has 1 aromatic heterocycles. The van der Waals surface area contributed by atoms with Gasteiger partial charge in [-0.2, -0.15) is 0 Å². The molecule has 3 N–H and O–H groups in total. The van der Waals surface area contributed by atoms with Gasteiger partial charge in [-0.25, -0.2) is 4.39 Å². The molecule has 0 amide bonds. The average molecular weight is 477 g/mol. The van der Waals surface area contributed by atoms with Crippen molar-refractivity contribution in [3.63, 3.8) is 0 Å². The standard InChI is InChI=1S/C18H28FN5O.HI/c1-20-18(22-8-9-24(2)10-11-25-3)21-7-6-14-13-23-17-5-4-15(19)12-16(14)17;/h4-5,12-13,23H,6-11H2,1-3H3,(H2,20,21,22);1H. The Kier molecular flexibility index (Phi) is 10.5. The minimum Gasteiger partial charge on any atom is -0.383 e. The van der Waals surface area contributed by atoms with E-state index < -0.39 is 0 Å². The van der Waals surface area contributed by atoms with E-state index in [-0.39, 0.29) is 29.8 Å². The van der Waals surface area contributed by atoms with E-state index in [1.54, 1.807) is 26.3 Å². The molecule has 0 spiro atoms. The molecule has 0 saturated carbocycles. The van der Waals surface area contributed by atoms with Crippen molar-refractivity contribution in [1.82, 2.24) is 20.5 Å². The van der Waals surface area contributed by atoms with Gasteiger partial charge in [-0.3, -0.25) is 4.99 Å². The van der Waals surface area contributed by atoms with E-state index in [2.05, 4.69) is 32.6 Å². The van der Waals surface area contributed by atoms with Crippen LogP contribution in [0.5, 0.6) is 0 Å². The molecule has 0 radical (unpaired) electrons. The lowest BCUT2D eigenvalue weighted by atomic mass is 10.1. The van der Waals surface area contributed by atoms with Crippen molar-refractivity contribution in [2.45, 2.75) is 6.42 Å². The van der Waals surface area contributed by atoms with Crippen molar-refractivity contribution in [2.24, 2.45) is 4.99 Å². The van der Waals surface area contributed by atoms with E-state index in [4.69, 9.17) is 4.74 Å². The Morgan fingerprint density at radius 2 is 2.04 bits per heavy atom. The number of H-pyrrole nitrogens is 1. The van der Waals surface area contributed by atoms with Crippen LogP contribution in [0.15, 0.2) is 29.4 Å². The van der Waals surface area contributed by atoms with Gasteiger partial charge in [0.15, 0.2) is 5.96 Å². The topological polar surface area (TPSA) is 64.7 Å². The van der Waals surface area contributed by atoms with Crippen LogP contribution in [-0.2, 0) is 11.2 Å². The van der Waals surface area contributed by atoms with Crippen molar-refractivity contribution in [3.05, 3.63) is 35.8 Å². The molecule has 2 rings (SSSR count). The number of hydrogen-bond donors (Lipinski definition) is 3. The summed E-state index contributed by atoms with van der Waals surface area (Å²) in [5.41, 5.74) is 2.05. The van der Waals surface area contributed by atoms with Gasteiger partial charge in [0.05, 0.1) is 6.61 Å². The first-order valence-corrected chi connectivity index (χ1v) is 8.51. The van der Waals surface area contributed by atoms with Gasteiger partial charge in [0.25, 0.3) is 0 Å². The predicted molar refractivity (Wildman–Crippen MR) is 116 cm³/mol. The lowest BCUT2D eigenvalue weighted by Gasteiger charge is -2.17. The average Bonchev–Trinajstić information content (AvgIpc) is 3.00. The van der Waals surface area contributed by atoms with E-state index >= 15 is 0 Å². The molecule has 0 saturated heterocycles. The van der Waals surface area contributed by atoms with Crippen LogP contribution >= 0.6 is 24.0 Å². The minimum atomic E-state index is -0.212. The first kappa shape index (κ1) is 22.7. The molecule has 2 aromatic rings. The summed E-state index contributed by atoms with van der Waals surface area (Å²) in [5, 5.41) is 7.52. The van der Waals surface area contributed by atoms with E-state index in [0.29, 0.717) is 0 Å². The molecule has 1 heterocycles. The van der Waals surface area contributed by atoms with Gasteiger partial charge < -0.3 is 25.3 Å². The zero-order valence-corrected chi connectivity index (χ0v) is 18.0. The van der Waals surface area contributed by atoms with E-state index in [1.165, 1.54) is 6.07 Å². The van der Waals surface area contributed by atoms with E-state index in [1.807, 2.05) is 6.20 Å². The highest BCUT2D eigenvalue weighted by molar-refractivity contribution is 14.0. The van der Waals surface area contributed by atoms with Crippen LogP contribution in [0.25, 0.3) is 10.9 Å². The summed E-state index contributed by atoms with van der Waals surface area (Å²) < 4.78 is 18.5. The Balaban J connectivity index is 0.00000338. The number of aromatic nitrogens is 1. The molecule has 0 unspecified atom stereocenters. The number of rotatable bonds is 9. The van der Waals surface area contributed by atoms with Gasteiger partial charge >= 0.3 is 0 Å². The van der Waals surface area contributed by atoms with Gasteiger partial charge in [-0.15, -0.1) is 24.0 Å². The third kappa shape index (κ3) is 7.08. The number of halogens is 2. The number of likely N-dealkylation sites (N-methyl/N-ethyl adjacent to an activating group) is 1. The quantitative estimate of drug-likeness (QED) is 0.295. The van der Waals surface area contributed by atoms with Crippen molar-refractivity contribution < 1.29 is 9.13 Å². The Morgan fingerprint density at radius 3 is 2.77 bits per heavy atom. The van der Waals surface area contributed by atoms with Gasteiger partial charge in [0.2, 0.25) is 0 Å². The van der Waals surface area contributed by atoms with Crippen LogP contribution in [-0.4, -0.2) is 69.8 Å². The number of methoxy groups -OCH3 is 1. The molecule has 1 aromatic carbocycles. The first-order valence-electron chi connectivity index (χ1n) is 8.51. The highest BCUT2D eigenvalue weighted by Crippen LogP contribution is 2.19. The van der Waals surface area contributed by atoms with Crippen molar-refractivity contribution in [1.29, 1.82) is 0 Å². The number of guanidine groups is 1. The number of aliphatic imine (C=N–C) groups is 1. The number of nitrogens with zero attached hydrogens (tertiary/aromatic N) is 2. The number of benzene rings is 1. The second kappa shape index (κ2) is 12.1. The lowest BCUT2D eigenvalue weighted by Crippen LogP contribution is -2.42. The molecular formula is C18H29FIN5O. The summed E-state index contributed by atoms with van der Waals surface area (Å²) in [7, 11) is 5.53. The summed E-state index contributed by atoms with van der Waals surface area (Å²) in [5.74, 6) is 0.558. The number of nitrogens with one attached hydrogen (secondary N) is 3. The summed E-state index contributed by atoms with van der Waals surface area (Å²) in [4.78, 5) is 9.60. The number of aromatic amines is 1. The normalized spacial score (nSPS) is 11.7. The zero-order chi connectivity index (χ0) is 18.1. The fraction of sp³-hybridized carbons (Fsp3) is 0.500. The van der Waals surface area contributed by atoms with Crippen LogP contribution in [0.1, 0.15) is 5.56 Å². The maximum atomic E-state index is 13.4. The fourth-order valence-corrected chi connectivity index (χ4v) is 2.62. The maximum Gasteiger partial charge on any atom is 0.191 e. The summed E-state index contributed by atoms with van der Waals surface area (Å²) in [6.45, 7) is 4.07. The number of ether oxygens (including phenoxy) is 1. The highest BCUT2D eigenvalue weighted by Gasteiger charge is 2.05. The first-order chi connectivity index (χ1) is 12.1. The molecular weight excluding hydrogens is 448 g/mol. The van der Waals surface area contributed by atoms with Crippen LogP contribution in [0.4, 0.5) is 4.39 Å². The van der Waals surface area contributed by atoms with Crippen LogP contribution in [0, 0.1) is 5.82 Å².